The first-order valence-corrected chi connectivity index (χ1v) is 6.37. The third kappa shape index (κ3) is 3.64. The number of hydrogen-bond acceptors (Lipinski definition) is 6. The molecule has 0 aliphatic heterocycles. The lowest BCUT2D eigenvalue weighted by molar-refractivity contribution is 0.359. The number of rotatable bonds is 7. The lowest BCUT2D eigenvalue weighted by Gasteiger charge is -2.11. The lowest BCUT2D eigenvalue weighted by Crippen LogP contribution is -2.18. The van der Waals surface area contributed by atoms with E-state index in [4.69, 9.17) is 9.47 Å². The average molecular weight is 274 g/mol. The number of ether oxygens (including phenoxy) is 2. The second kappa shape index (κ2) is 7.40. The molecule has 0 radical (unpaired) electrons. The summed E-state index contributed by atoms with van der Waals surface area (Å²) in [4.78, 5) is 12.4. The number of methoxy groups -OCH3 is 2. The van der Waals surface area contributed by atoms with Gasteiger partial charge in [0.05, 0.1) is 19.8 Å². The predicted molar refractivity (Wildman–Crippen MR) is 74.8 cm³/mol. The molecule has 2 aromatic heterocycles. The highest BCUT2D eigenvalue weighted by Gasteiger charge is 2.11. The Hall–Kier alpha value is -2.21. The zero-order valence-corrected chi connectivity index (χ0v) is 11.7. The maximum Gasteiger partial charge on any atom is 0.224 e. The summed E-state index contributed by atoms with van der Waals surface area (Å²) >= 11 is 0. The van der Waals surface area contributed by atoms with Crippen molar-refractivity contribution < 1.29 is 9.47 Å². The van der Waals surface area contributed by atoms with Gasteiger partial charge >= 0.3 is 0 Å². The van der Waals surface area contributed by atoms with E-state index in [2.05, 4.69) is 20.3 Å². The van der Waals surface area contributed by atoms with E-state index >= 15 is 0 Å². The van der Waals surface area contributed by atoms with Crippen LogP contribution in [0.25, 0.3) is 0 Å². The van der Waals surface area contributed by atoms with Crippen molar-refractivity contribution in [3.63, 3.8) is 0 Å². The topological polar surface area (TPSA) is 69.2 Å². The van der Waals surface area contributed by atoms with Gasteiger partial charge in [0, 0.05) is 31.4 Å². The highest BCUT2D eigenvalue weighted by molar-refractivity contribution is 5.34. The largest absolute Gasteiger partial charge is 0.481 e. The van der Waals surface area contributed by atoms with Crippen molar-refractivity contribution in [2.45, 2.75) is 13.0 Å². The molecule has 2 heterocycles. The summed E-state index contributed by atoms with van der Waals surface area (Å²) in [6, 6.07) is 5.90. The molecule has 0 aliphatic rings. The average Bonchev–Trinajstić information content (AvgIpc) is 2.52. The van der Waals surface area contributed by atoms with Gasteiger partial charge in [-0.1, -0.05) is 6.07 Å². The van der Waals surface area contributed by atoms with Gasteiger partial charge in [0.1, 0.15) is 6.33 Å². The molecule has 20 heavy (non-hydrogen) atoms. The second-order valence-corrected chi connectivity index (χ2v) is 4.12. The molecule has 0 bridgehead atoms. The minimum absolute atomic E-state index is 0.530. The quantitative estimate of drug-likeness (QED) is 0.766. The molecule has 6 nitrogen and oxygen atoms in total. The Morgan fingerprint density at radius 2 is 1.80 bits per heavy atom. The van der Waals surface area contributed by atoms with Crippen LogP contribution in [0.4, 0.5) is 0 Å². The van der Waals surface area contributed by atoms with Crippen LogP contribution in [0.2, 0.25) is 0 Å². The minimum Gasteiger partial charge on any atom is -0.481 e. The summed E-state index contributed by atoms with van der Waals surface area (Å²) in [5.74, 6) is 1.06. The van der Waals surface area contributed by atoms with Gasteiger partial charge in [-0.25, -0.2) is 9.97 Å². The maximum atomic E-state index is 5.22. The smallest absolute Gasteiger partial charge is 0.224 e. The molecule has 2 aromatic rings. The zero-order chi connectivity index (χ0) is 14.2. The highest BCUT2D eigenvalue weighted by Crippen LogP contribution is 2.22. The van der Waals surface area contributed by atoms with Crippen molar-refractivity contribution in [1.29, 1.82) is 0 Å². The van der Waals surface area contributed by atoms with Crippen molar-refractivity contribution in [2.24, 2.45) is 0 Å². The molecule has 0 aliphatic carbocycles. The molecule has 0 amide bonds. The molecule has 0 saturated carbocycles. The number of nitrogens with zero attached hydrogens (tertiary/aromatic N) is 3. The van der Waals surface area contributed by atoms with E-state index in [9.17, 15) is 0 Å². The van der Waals surface area contributed by atoms with Crippen LogP contribution >= 0.6 is 0 Å². The van der Waals surface area contributed by atoms with E-state index in [1.807, 2.05) is 18.2 Å². The minimum atomic E-state index is 0.530. The van der Waals surface area contributed by atoms with E-state index in [0.717, 1.165) is 24.2 Å². The molecule has 6 heteroatoms. The summed E-state index contributed by atoms with van der Waals surface area (Å²) in [6.07, 6.45) is 4.08. The van der Waals surface area contributed by atoms with Gasteiger partial charge in [0.15, 0.2) is 0 Å². The summed E-state index contributed by atoms with van der Waals surface area (Å²) in [5.41, 5.74) is 1.88. The Bertz CT molecular complexity index is 512. The van der Waals surface area contributed by atoms with Crippen LogP contribution in [-0.2, 0) is 13.0 Å². The van der Waals surface area contributed by atoms with Crippen LogP contribution in [0.15, 0.2) is 30.7 Å². The highest BCUT2D eigenvalue weighted by atomic mass is 16.5. The molecule has 0 saturated heterocycles. The van der Waals surface area contributed by atoms with Gasteiger partial charge in [-0.2, -0.15) is 0 Å². The molecule has 0 atom stereocenters. The van der Waals surface area contributed by atoms with Crippen LogP contribution in [0.1, 0.15) is 11.3 Å². The second-order valence-electron chi connectivity index (χ2n) is 4.12. The Morgan fingerprint density at radius 1 is 1.05 bits per heavy atom. The third-order valence-electron chi connectivity index (χ3n) is 2.84. The van der Waals surface area contributed by atoms with Crippen molar-refractivity contribution in [2.75, 3.05) is 20.8 Å². The molecule has 106 valence electrons. The van der Waals surface area contributed by atoms with Gasteiger partial charge in [-0.15, -0.1) is 0 Å². The fourth-order valence-corrected chi connectivity index (χ4v) is 1.86. The fourth-order valence-electron chi connectivity index (χ4n) is 1.86. The molecule has 2 rings (SSSR count). The number of nitrogens with one attached hydrogen (secondary N) is 1. The normalized spacial score (nSPS) is 10.3. The molecule has 0 unspecified atom stereocenters. The van der Waals surface area contributed by atoms with Crippen LogP contribution in [0.5, 0.6) is 11.8 Å². The first-order chi connectivity index (χ1) is 9.85. The summed E-state index contributed by atoms with van der Waals surface area (Å²) in [5, 5.41) is 3.32. The Labute approximate surface area is 118 Å². The summed E-state index contributed by atoms with van der Waals surface area (Å²) in [7, 11) is 3.17. The van der Waals surface area contributed by atoms with Gasteiger partial charge in [0.2, 0.25) is 11.8 Å². The molecule has 0 spiro atoms. The first-order valence-electron chi connectivity index (χ1n) is 6.37. The molecular formula is C14H18N4O2. The van der Waals surface area contributed by atoms with Gasteiger partial charge in [-0.05, 0) is 12.1 Å². The SMILES string of the molecule is COc1ncnc(OC)c1CNCCc1ccccn1. The van der Waals surface area contributed by atoms with E-state index in [1.54, 1.807) is 20.4 Å². The molecule has 0 aromatic carbocycles. The molecular weight excluding hydrogens is 256 g/mol. The number of aromatic nitrogens is 3. The first kappa shape index (κ1) is 14.2. The monoisotopic (exact) mass is 274 g/mol. The fraction of sp³-hybridized carbons (Fsp3) is 0.357. The van der Waals surface area contributed by atoms with Crippen LogP contribution < -0.4 is 14.8 Å². The van der Waals surface area contributed by atoms with Crippen LogP contribution in [-0.4, -0.2) is 35.7 Å². The Morgan fingerprint density at radius 3 is 2.40 bits per heavy atom. The van der Waals surface area contributed by atoms with Gasteiger partial charge in [0.25, 0.3) is 0 Å². The van der Waals surface area contributed by atoms with E-state index in [1.165, 1.54) is 6.33 Å². The van der Waals surface area contributed by atoms with Crippen molar-refractivity contribution in [3.05, 3.63) is 42.0 Å². The maximum absolute atomic E-state index is 5.22. The molecule has 1 N–H and O–H groups in total. The van der Waals surface area contributed by atoms with Crippen molar-refractivity contribution >= 4 is 0 Å². The van der Waals surface area contributed by atoms with Crippen molar-refractivity contribution in [1.82, 2.24) is 20.3 Å². The summed E-state index contributed by atoms with van der Waals surface area (Å²) < 4.78 is 10.4. The molecule has 0 fully saturated rings. The van der Waals surface area contributed by atoms with E-state index in [0.29, 0.717) is 18.3 Å². The number of pyridine rings is 1. The zero-order valence-electron chi connectivity index (χ0n) is 11.7. The Balaban J connectivity index is 1.90. The Kier molecular flexibility index (Phi) is 5.25. The van der Waals surface area contributed by atoms with Crippen molar-refractivity contribution in [3.8, 4) is 11.8 Å². The summed E-state index contributed by atoms with van der Waals surface area (Å²) in [6.45, 7) is 1.39. The standard InChI is InChI=1S/C14H18N4O2/c1-19-13-12(14(20-2)18-10-17-13)9-15-8-6-11-5-3-4-7-16-11/h3-5,7,10,15H,6,8-9H2,1-2H3. The third-order valence-corrected chi connectivity index (χ3v) is 2.84. The predicted octanol–water partition coefficient (Wildman–Crippen LogP) is 1.22. The van der Waals surface area contributed by atoms with Gasteiger partial charge in [-0.3, -0.25) is 4.98 Å². The van der Waals surface area contributed by atoms with Crippen LogP contribution in [0.3, 0.4) is 0 Å². The van der Waals surface area contributed by atoms with Gasteiger partial charge < -0.3 is 14.8 Å². The van der Waals surface area contributed by atoms with Crippen LogP contribution in [0, 0.1) is 0 Å². The van der Waals surface area contributed by atoms with E-state index in [-0.39, 0.29) is 0 Å². The van der Waals surface area contributed by atoms with E-state index < -0.39 is 0 Å². The number of hydrogen-bond donors (Lipinski definition) is 1. The lowest BCUT2D eigenvalue weighted by atomic mass is 10.2.